The number of ether oxygens (including phenoxy) is 2. The lowest BCUT2D eigenvalue weighted by Gasteiger charge is -2.38. The molecule has 0 spiro atoms. The van der Waals surface area contributed by atoms with E-state index in [9.17, 15) is 19.8 Å². The number of benzene rings is 1. The average Bonchev–Trinajstić information content (AvgIpc) is 2.96. The van der Waals surface area contributed by atoms with Crippen LogP contribution < -0.4 is 15.4 Å². The van der Waals surface area contributed by atoms with Crippen LogP contribution in [-0.4, -0.2) is 75.8 Å². The molecular formula is C28H32N4O6S. The minimum Gasteiger partial charge on any atom is -0.495 e. The standard InChI is InChI=1S/C28H32N4O6S/c1-37-19-12-20-16(3-2-4-21(20)29-13-19)5-6-18-7-8-22(24(38-18)11-17(34)14-33)31-28(36)23-9-10-25-27(30-23)32-26(35)15-39-25/h2-4,9-10,12-13,17-18,22,24,33-34H,5-8,11,14-15H2,1H3,(H,31,36)(H,30,32,35)/t17?,18-,22-,24-/m1/s1. The third-order valence-electron chi connectivity index (χ3n) is 7.12. The van der Waals surface area contributed by atoms with Crippen LogP contribution in [0.5, 0.6) is 5.75 Å². The van der Waals surface area contributed by atoms with E-state index in [0.717, 1.165) is 40.6 Å². The van der Waals surface area contributed by atoms with Gasteiger partial charge in [-0.05, 0) is 55.5 Å². The number of carbonyl (C=O) groups excluding carboxylic acids is 2. The highest BCUT2D eigenvalue weighted by Crippen LogP contribution is 2.31. The minimum absolute atomic E-state index is 0.0722. The number of aryl methyl sites for hydroxylation is 1. The van der Waals surface area contributed by atoms with Gasteiger partial charge in [-0.2, -0.15) is 0 Å². The van der Waals surface area contributed by atoms with E-state index >= 15 is 0 Å². The van der Waals surface area contributed by atoms with Crippen LogP contribution >= 0.6 is 11.8 Å². The maximum atomic E-state index is 13.1. The Kier molecular flexibility index (Phi) is 8.61. The maximum Gasteiger partial charge on any atom is 0.270 e. The molecule has 1 aromatic carbocycles. The zero-order valence-corrected chi connectivity index (χ0v) is 22.4. The number of thioether (sulfide) groups is 1. The number of nitrogens with zero attached hydrogens (tertiary/aromatic N) is 2. The van der Waals surface area contributed by atoms with Gasteiger partial charge in [-0.15, -0.1) is 11.8 Å². The van der Waals surface area contributed by atoms with Gasteiger partial charge in [-0.25, -0.2) is 4.98 Å². The summed E-state index contributed by atoms with van der Waals surface area (Å²) in [6.45, 7) is -0.389. The Labute approximate surface area is 230 Å². The number of hydrogen-bond acceptors (Lipinski definition) is 9. The number of amides is 2. The molecule has 2 amide bonds. The zero-order chi connectivity index (χ0) is 27.4. The van der Waals surface area contributed by atoms with Gasteiger partial charge in [-0.3, -0.25) is 14.6 Å². The third kappa shape index (κ3) is 6.50. The van der Waals surface area contributed by atoms with E-state index < -0.39 is 12.2 Å². The van der Waals surface area contributed by atoms with Crippen molar-refractivity contribution in [3.8, 4) is 5.75 Å². The molecule has 10 nitrogen and oxygen atoms in total. The molecule has 2 aliphatic heterocycles. The Balaban J connectivity index is 1.25. The summed E-state index contributed by atoms with van der Waals surface area (Å²) < 4.78 is 11.7. The number of rotatable bonds is 9. The van der Waals surface area contributed by atoms with Gasteiger partial charge >= 0.3 is 0 Å². The van der Waals surface area contributed by atoms with Gasteiger partial charge in [0, 0.05) is 11.8 Å². The quantitative estimate of drug-likeness (QED) is 0.315. The van der Waals surface area contributed by atoms with E-state index in [1.54, 1.807) is 25.4 Å². The molecule has 11 heteroatoms. The summed E-state index contributed by atoms with van der Waals surface area (Å²) in [5.74, 6) is 0.880. The van der Waals surface area contributed by atoms with Gasteiger partial charge in [-0.1, -0.05) is 12.1 Å². The van der Waals surface area contributed by atoms with E-state index in [1.807, 2.05) is 18.2 Å². The van der Waals surface area contributed by atoms with Crippen molar-refractivity contribution in [2.45, 2.75) is 61.4 Å². The van der Waals surface area contributed by atoms with Crippen LogP contribution in [0.2, 0.25) is 0 Å². The van der Waals surface area contributed by atoms with E-state index in [4.69, 9.17) is 9.47 Å². The Bertz CT molecular complexity index is 1350. The molecular weight excluding hydrogens is 520 g/mol. The molecule has 4 N–H and O–H groups in total. The van der Waals surface area contributed by atoms with Gasteiger partial charge in [0.2, 0.25) is 5.91 Å². The molecule has 2 aliphatic rings. The number of aromatic nitrogens is 2. The molecule has 2 aromatic heterocycles. The highest BCUT2D eigenvalue weighted by molar-refractivity contribution is 8.00. The molecule has 0 aliphatic carbocycles. The van der Waals surface area contributed by atoms with E-state index in [0.29, 0.717) is 23.7 Å². The molecule has 4 atom stereocenters. The highest BCUT2D eigenvalue weighted by atomic mass is 32.2. The molecule has 0 saturated carbocycles. The largest absolute Gasteiger partial charge is 0.495 e. The third-order valence-corrected chi connectivity index (χ3v) is 8.16. The lowest BCUT2D eigenvalue weighted by atomic mass is 9.91. The predicted octanol–water partition coefficient (Wildman–Crippen LogP) is 2.70. The van der Waals surface area contributed by atoms with Crippen molar-refractivity contribution in [1.82, 2.24) is 15.3 Å². The molecule has 1 saturated heterocycles. The first-order valence-corrected chi connectivity index (χ1v) is 14.0. The van der Waals surface area contributed by atoms with Gasteiger partial charge in [0.15, 0.2) is 0 Å². The van der Waals surface area contributed by atoms with Gasteiger partial charge in [0.25, 0.3) is 5.91 Å². The summed E-state index contributed by atoms with van der Waals surface area (Å²) in [4.78, 5) is 34.4. The normalized spacial score (nSPS) is 21.6. The zero-order valence-electron chi connectivity index (χ0n) is 21.6. The number of fused-ring (bicyclic) bond motifs is 2. The molecule has 1 unspecified atom stereocenters. The number of pyridine rings is 2. The number of anilines is 1. The number of nitrogens with one attached hydrogen (secondary N) is 2. The number of aliphatic hydroxyl groups excluding tert-OH is 2. The number of carbonyl (C=O) groups is 2. The van der Waals surface area contributed by atoms with E-state index in [1.165, 1.54) is 11.8 Å². The Morgan fingerprint density at radius 1 is 1.31 bits per heavy atom. The first-order chi connectivity index (χ1) is 18.9. The van der Waals surface area contributed by atoms with Crippen LogP contribution in [0.4, 0.5) is 5.82 Å². The number of hydrogen-bond donors (Lipinski definition) is 4. The summed E-state index contributed by atoms with van der Waals surface area (Å²) in [6, 6.07) is 11.1. The lowest BCUT2D eigenvalue weighted by Crippen LogP contribution is -2.51. The smallest absolute Gasteiger partial charge is 0.270 e. The van der Waals surface area contributed by atoms with E-state index in [2.05, 4.69) is 26.7 Å². The van der Waals surface area contributed by atoms with Crippen molar-refractivity contribution in [3.05, 3.63) is 53.9 Å². The molecule has 206 valence electrons. The Morgan fingerprint density at radius 2 is 2.18 bits per heavy atom. The van der Waals surface area contributed by atoms with Crippen molar-refractivity contribution < 1.29 is 29.3 Å². The fourth-order valence-corrected chi connectivity index (χ4v) is 5.83. The molecule has 5 rings (SSSR count). The van der Waals surface area contributed by atoms with Crippen molar-refractivity contribution in [1.29, 1.82) is 0 Å². The van der Waals surface area contributed by atoms with Crippen LogP contribution in [0.3, 0.4) is 0 Å². The molecule has 0 radical (unpaired) electrons. The van der Waals surface area contributed by atoms with Crippen molar-refractivity contribution in [2.75, 3.05) is 24.8 Å². The summed E-state index contributed by atoms with van der Waals surface area (Å²) in [5, 5.41) is 26.4. The fraction of sp³-hybridized carbons (Fsp3) is 0.429. The summed E-state index contributed by atoms with van der Waals surface area (Å²) in [5.41, 5.74) is 2.24. The van der Waals surface area contributed by atoms with Crippen molar-refractivity contribution in [3.63, 3.8) is 0 Å². The Hall–Kier alpha value is -3.25. The van der Waals surface area contributed by atoms with Crippen molar-refractivity contribution in [2.24, 2.45) is 0 Å². The second-order valence-electron chi connectivity index (χ2n) is 9.80. The van der Waals surface area contributed by atoms with Crippen LogP contribution in [0.25, 0.3) is 10.9 Å². The maximum absolute atomic E-state index is 13.1. The molecule has 0 bridgehead atoms. The first kappa shape index (κ1) is 27.3. The molecule has 39 heavy (non-hydrogen) atoms. The molecule has 3 aromatic rings. The summed E-state index contributed by atoms with van der Waals surface area (Å²) in [6.07, 6.45) is 3.30. The minimum atomic E-state index is -0.959. The molecule has 4 heterocycles. The SMILES string of the molecule is COc1cnc2cccc(CC[C@@H]3CC[C@@H](NC(=O)c4ccc5c(n4)NC(=O)CS5)[C@@H](CC(O)CO)O3)c2c1. The highest BCUT2D eigenvalue weighted by Gasteiger charge is 2.34. The number of aliphatic hydroxyl groups is 2. The van der Waals surface area contributed by atoms with Gasteiger partial charge < -0.3 is 30.3 Å². The van der Waals surface area contributed by atoms with Gasteiger partial charge in [0.1, 0.15) is 17.3 Å². The van der Waals surface area contributed by atoms with Crippen LogP contribution in [0.1, 0.15) is 41.7 Å². The first-order valence-electron chi connectivity index (χ1n) is 13.0. The van der Waals surface area contributed by atoms with Crippen LogP contribution in [0, 0.1) is 0 Å². The van der Waals surface area contributed by atoms with Crippen LogP contribution in [-0.2, 0) is 16.0 Å². The topological polar surface area (TPSA) is 143 Å². The predicted molar refractivity (Wildman–Crippen MR) is 147 cm³/mol. The Morgan fingerprint density at radius 3 is 3.00 bits per heavy atom. The average molecular weight is 553 g/mol. The van der Waals surface area contributed by atoms with E-state index in [-0.39, 0.29) is 42.7 Å². The van der Waals surface area contributed by atoms with Gasteiger partial charge in [0.05, 0.1) is 60.4 Å². The summed E-state index contributed by atoms with van der Waals surface area (Å²) >= 11 is 1.38. The fourth-order valence-electron chi connectivity index (χ4n) is 5.07. The monoisotopic (exact) mass is 552 g/mol. The van der Waals surface area contributed by atoms with Crippen LogP contribution in [0.15, 0.2) is 47.5 Å². The number of methoxy groups -OCH3 is 1. The second kappa shape index (κ2) is 12.3. The summed E-state index contributed by atoms with van der Waals surface area (Å²) in [7, 11) is 1.62. The lowest BCUT2D eigenvalue weighted by molar-refractivity contribution is -0.113. The van der Waals surface area contributed by atoms with Crippen molar-refractivity contribution >= 4 is 40.3 Å². The molecule has 1 fully saturated rings. The second-order valence-corrected chi connectivity index (χ2v) is 10.8.